The van der Waals surface area contributed by atoms with Gasteiger partial charge in [-0.3, -0.25) is 0 Å². The number of benzene rings is 3. The second kappa shape index (κ2) is 10.2. The van der Waals surface area contributed by atoms with Crippen LogP contribution in [0, 0.1) is 17.8 Å². The molecule has 3 nitrogen and oxygen atoms in total. The SMILES string of the molecule is O=C(COc1ccc([S+](c2ccccc2)c2ccccc2)cc1)OC12CC3CC(C1)C1(SCCS1)C(C3)C2. The van der Waals surface area contributed by atoms with Crippen LogP contribution in [-0.4, -0.2) is 33.8 Å². The highest BCUT2D eigenvalue weighted by molar-refractivity contribution is 8.21. The molecule has 1 spiro atoms. The second-order valence-electron chi connectivity index (χ2n) is 11.1. The molecule has 0 amide bonds. The summed E-state index contributed by atoms with van der Waals surface area (Å²) in [6.07, 6.45) is 5.79. The lowest BCUT2D eigenvalue weighted by molar-refractivity contribution is -0.189. The molecule has 0 aromatic heterocycles. The van der Waals surface area contributed by atoms with E-state index >= 15 is 0 Å². The van der Waals surface area contributed by atoms with Crippen molar-refractivity contribution in [1.82, 2.24) is 0 Å². The number of thioether (sulfide) groups is 2. The normalized spacial score (nSPS) is 28.6. The van der Waals surface area contributed by atoms with Crippen molar-refractivity contribution in [1.29, 1.82) is 0 Å². The molecule has 5 fully saturated rings. The molecular weight excluding hydrogens is 529 g/mol. The van der Waals surface area contributed by atoms with E-state index in [2.05, 4.69) is 96.3 Å². The average Bonchev–Trinajstić information content (AvgIpc) is 3.43. The summed E-state index contributed by atoms with van der Waals surface area (Å²) in [4.78, 5) is 16.8. The molecule has 0 N–H and O–H groups in total. The molecule has 4 saturated carbocycles. The highest BCUT2D eigenvalue weighted by Crippen LogP contribution is 2.70. The van der Waals surface area contributed by atoms with Crippen LogP contribution in [0.5, 0.6) is 5.75 Å². The van der Waals surface area contributed by atoms with Crippen LogP contribution in [0.4, 0.5) is 0 Å². The Kier molecular flexibility index (Phi) is 6.69. The van der Waals surface area contributed by atoms with Crippen LogP contribution in [0.1, 0.15) is 32.1 Å². The molecule has 2 atom stereocenters. The largest absolute Gasteiger partial charge is 0.482 e. The van der Waals surface area contributed by atoms with Crippen LogP contribution in [0.2, 0.25) is 0 Å². The average molecular weight is 562 g/mol. The molecule has 1 aliphatic heterocycles. The third kappa shape index (κ3) is 4.56. The summed E-state index contributed by atoms with van der Waals surface area (Å²) in [7, 11) is -0.198. The maximum atomic E-state index is 13.0. The van der Waals surface area contributed by atoms with Gasteiger partial charge in [-0.05, 0) is 98.4 Å². The maximum Gasteiger partial charge on any atom is 0.344 e. The second-order valence-corrected chi connectivity index (χ2v) is 16.1. The molecule has 5 aliphatic rings. The lowest BCUT2D eigenvalue weighted by atomic mass is 9.53. The minimum Gasteiger partial charge on any atom is -0.482 e. The summed E-state index contributed by atoms with van der Waals surface area (Å²) >= 11 is 4.41. The Labute approximate surface area is 236 Å². The molecule has 196 valence electrons. The predicted octanol–water partition coefficient (Wildman–Crippen LogP) is 7.46. The van der Waals surface area contributed by atoms with Crippen molar-refractivity contribution >= 4 is 40.4 Å². The van der Waals surface area contributed by atoms with Crippen molar-refractivity contribution < 1.29 is 14.3 Å². The van der Waals surface area contributed by atoms with Gasteiger partial charge in [0.1, 0.15) is 11.4 Å². The van der Waals surface area contributed by atoms with Crippen molar-refractivity contribution in [3.05, 3.63) is 84.9 Å². The zero-order valence-electron chi connectivity index (χ0n) is 21.4. The molecule has 1 heterocycles. The van der Waals surface area contributed by atoms with E-state index in [-0.39, 0.29) is 29.1 Å². The van der Waals surface area contributed by atoms with Gasteiger partial charge in [-0.2, -0.15) is 0 Å². The number of hydrogen-bond acceptors (Lipinski definition) is 5. The van der Waals surface area contributed by atoms with E-state index in [1.165, 1.54) is 39.0 Å². The van der Waals surface area contributed by atoms with E-state index in [4.69, 9.17) is 9.47 Å². The zero-order valence-corrected chi connectivity index (χ0v) is 23.9. The Morgan fingerprint density at radius 1 is 0.763 bits per heavy atom. The lowest BCUT2D eigenvalue weighted by Crippen LogP contribution is -2.61. The molecule has 2 unspecified atom stereocenters. The quantitative estimate of drug-likeness (QED) is 0.221. The van der Waals surface area contributed by atoms with Crippen molar-refractivity contribution in [3.8, 4) is 5.75 Å². The van der Waals surface area contributed by atoms with Gasteiger partial charge in [0.05, 0.1) is 15.0 Å². The van der Waals surface area contributed by atoms with Gasteiger partial charge >= 0.3 is 5.97 Å². The van der Waals surface area contributed by atoms with E-state index in [1.54, 1.807) is 0 Å². The number of carbonyl (C=O) groups excluding carboxylic acids is 1. The summed E-state index contributed by atoms with van der Waals surface area (Å²) in [5.74, 6) is 5.15. The summed E-state index contributed by atoms with van der Waals surface area (Å²) in [5, 5.41) is 0. The first-order valence-corrected chi connectivity index (χ1v) is 16.9. The molecule has 0 radical (unpaired) electrons. The minimum atomic E-state index is -0.254. The smallest absolute Gasteiger partial charge is 0.344 e. The predicted molar refractivity (Wildman–Crippen MR) is 157 cm³/mol. The van der Waals surface area contributed by atoms with E-state index in [0.29, 0.717) is 21.7 Å². The molecule has 8 rings (SSSR count). The van der Waals surface area contributed by atoms with Crippen LogP contribution >= 0.6 is 23.5 Å². The first-order chi connectivity index (χ1) is 18.6. The molecule has 4 aliphatic carbocycles. The molecule has 3 aromatic carbocycles. The first-order valence-electron chi connectivity index (χ1n) is 13.7. The van der Waals surface area contributed by atoms with Gasteiger partial charge in [-0.1, -0.05) is 36.4 Å². The first kappa shape index (κ1) is 25.0. The highest BCUT2D eigenvalue weighted by Gasteiger charge is 2.65. The molecule has 3 aromatic rings. The standard InChI is InChI=1S/C32H33O3S3/c33-30(35-31-19-23-17-24(20-31)32(25(18-23)21-31)36-15-16-37-32)22-34-26-11-13-29(14-12-26)38(27-7-3-1-4-8-27)28-9-5-2-6-10-28/h1-14,23-25H,15-22H2/q+1. The minimum absolute atomic E-state index is 0.0289. The molecular formula is C32H33O3S3+. The van der Waals surface area contributed by atoms with Gasteiger partial charge in [0.15, 0.2) is 21.3 Å². The fourth-order valence-electron chi connectivity index (χ4n) is 7.50. The van der Waals surface area contributed by atoms with Crippen molar-refractivity contribution in [2.45, 2.75) is 56.5 Å². The Morgan fingerprint density at radius 3 is 1.89 bits per heavy atom. The summed E-state index contributed by atoms with van der Waals surface area (Å²) in [6, 6.07) is 29.5. The Hall–Kier alpha value is -2.02. The zero-order chi connectivity index (χ0) is 25.6. The van der Waals surface area contributed by atoms with Crippen LogP contribution in [0.25, 0.3) is 0 Å². The number of ether oxygens (including phenoxy) is 2. The Morgan fingerprint density at radius 2 is 1.32 bits per heavy atom. The highest BCUT2D eigenvalue weighted by atomic mass is 32.2. The van der Waals surface area contributed by atoms with Gasteiger partial charge in [0, 0.05) is 11.5 Å². The topological polar surface area (TPSA) is 35.5 Å². The van der Waals surface area contributed by atoms with Crippen molar-refractivity contribution in [2.24, 2.45) is 17.8 Å². The summed E-state index contributed by atoms with van der Waals surface area (Å²) in [6.45, 7) is -0.0289. The van der Waals surface area contributed by atoms with Gasteiger partial charge in [0.2, 0.25) is 0 Å². The van der Waals surface area contributed by atoms with Crippen LogP contribution in [-0.2, 0) is 20.4 Å². The maximum absolute atomic E-state index is 13.0. The van der Waals surface area contributed by atoms with E-state index < -0.39 is 0 Å². The number of carbonyl (C=O) groups is 1. The lowest BCUT2D eigenvalue weighted by Gasteiger charge is -2.62. The van der Waals surface area contributed by atoms with E-state index in [0.717, 1.165) is 25.2 Å². The fraction of sp³-hybridized carbons (Fsp3) is 0.406. The van der Waals surface area contributed by atoms with Crippen LogP contribution in [0.3, 0.4) is 0 Å². The van der Waals surface area contributed by atoms with Crippen molar-refractivity contribution in [2.75, 3.05) is 18.1 Å². The molecule has 38 heavy (non-hydrogen) atoms. The van der Waals surface area contributed by atoms with Gasteiger partial charge in [-0.15, -0.1) is 23.5 Å². The van der Waals surface area contributed by atoms with E-state index in [1.807, 2.05) is 12.1 Å². The van der Waals surface area contributed by atoms with E-state index in [9.17, 15) is 4.79 Å². The monoisotopic (exact) mass is 561 g/mol. The Bertz CT molecular complexity index is 1220. The van der Waals surface area contributed by atoms with Gasteiger partial charge in [-0.25, -0.2) is 4.79 Å². The summed E-state index contributed by atoms with van der Waals surface area (Å²) in [5.41, 5.74) is -0.254. The van der Waals surface area contributed by atoms with Gasteiger partial charge < -0.3 is 9.47 Å². The van der Waals surface area contributed by atoms with Gasteiger partial charge in [0.25, 0.3) is 0 Å². The van der Waals surface area contributed by atoms with Crippen molar-refractivity contribution in [3.63, 3.8) is 0 Å². The van der Waals surface area contributed by atoms with Crippen LogP contribution < -0.4 is 4.74 Å². The summed E-state index contributed by atoms with van der Waals surface area (Å²) < 4.78 is 12.6. The molecule has 1 saturated heterocycles. The third-order valence-corrected chi connectivity index (χ3v) is 15.0. The van der Waals surface area contributed by atoms with Crippen LogP contribution in [0.15, 0.2) is 99.6 Å². The molecule has 6 heteroatoms. The third-order valence-electron chi connectivity index (χ3n) is 8.71. The number of esters is 1. The molecule has 4 bridgehead atoms. The number of hydrogen-bond donors (Lipinski definition) is 0. The Balaban J connectivity index is 1.01. The number of rotatable bonds is 7. The fourth-order valence-corrected chi connectivity index (χ4v) is 13.4.